The number of halogens is 1. The maximum atomic E-state index is 9.99. The summed E-state index contributed by atoms with van der Waals surface area (Å²) in [5, 5.41) is 13.3. The molecule has 0 aliphatic carbocycles. The van der Waals surface area contributed by atoms with Crippen LogP contribution in [-0.2, 0) is 6.54 Å². The summed E-state index contributed by atoms with van der Waals surface area (Å²) in [5.41, 5.74) is -0.0337. The Balaban J connectivity index is 2.65. The SMILES string of the molecule is CC(C)(O)C(C)(C)NCc1cncc(Br)c1. The van der Waals surface area contributed by atoms with Crippen molar-refractivity contribution in [2.24, 2.45) is 0 Å². The molecule has 0 fully saturated rings. The van der Waals surface area contributed by atoms with Crippen molar-refractivity contribution in [3.63, 3.8) is 0 Å². The van der Waals surface area contributed by atoms with Gasteiger partial charge in [0, 0.05) is 29.0 Å². The van der Waals surface area contributed by atoms with Crippen LogP contribution in [0.15, 0.2) is 22.9 Å². The molecule has 0 amide bonds. The third kappa shape index (κ3) is 3.54. The monoisotopic (exact) mass is 286 g/mol. The molecule has 1 rings (SSSR count). The van der Waals surface area contributed by atoms with Crippen LogP contribution in [-0.4, -0.2) is 21.2 Å². The normalized spacial score (nSPS) is 12.9. The molecule has 1 heterocycles. The molecule has 4 heteroatoms. The van der Waals surface area contributed by atoms with E-state index in [2.05, 4.69) is 26.2 Å². The van der Waals surface area contributed by atoms with Gasteiger partial charge in [-0.2, -0.15) is 0 Å². The van der Waals surface area contributed by atoms with Crippen LogP contribution in [0.4, 0.5) is 0 Å². The van der Waals surface area contributed by atoms with Crippen LogP contribution in [0.1, 0.15) is 33.3 Å². The Morgan fingerprint density at radius 2 is 1.94 bits per heavy atom. The predicted octanol–water partition coefficient (Wildman–Crippen LogP) is 2.48. The molecule has 0 aliphatic rings. The minimum Gasteiger partial charge on any atom is -0.389 e. The van der Waals surface area contributed by atoms with Crippen molar-refractivity contribution >= 4 is 15.9 Å². The summed E-state index contributed by atoms with van der Waals surface area (Å²) in [4.78, 5) is 4.10. The number of aliphatic hydroxyl groups is 1. The lowest BCUT2D eigenvalue weighted by atomic mass is 9.86. The number of hydrogen-bond donors (Lipinski definition) is 2. The minimum absolute atomic E-state index is 0.352. The average molecular weight is 287 g/mol. The lowest BCUT2D eigenvalue weighted by molar-refractivity contribution is -0.00533. The van der Waals surface area contributed by atoms with E-state index in [1.54, 1.807) is 20.0 Å². The van der Waals surface area contributed by atoms with Gasteiger partial charge in [0.2, 0.25) is 0 Å². The molecule has 0 saturated heterocycles. The van der Waals surface area contributed by atoms with Gasteiger partial charge in [-0.1, -0.05) is 0 Å². The van der Waals surface area contributed by atoms with Gasteiger partial charge in [-0.25, -0.2) is 0 Å². The summed E-state index contributed by atoms with van der Waals surface area (Å²) < 4.78 is 0.966. The van der Waals surface area contributed by atoms with Gasteiger partial charge in [0.15, 0.2) is 0 Å². The van der Waals surface area contributed by atoms with Crippen LogP contribution >= 0.6 is 15.9 Å². The third-order valence-electron chi connectivity index (χ3n) is 3.03. The minimum atomic E-state index is -0.771. The van der Waals surface area contributed by atoms with Crippen LogP contribution in [0.25, 0.3) is 0 Å². The molecule has 1 aromatic rings. The molecule has 0 bridgehead atoms. The molecule has 90 valence electrons. The van der Waals surface area contributed by atoms with Crippen molar-refractivity contribution in [1.82, 2.24) is 10.3 Å². The first kappa shape index (κ1) is 13.6. The van der Waals surface area contributed by atoms with E-state index >= 15 is 0 Å². The number of rotatable bonds is 4. The number of aromatic nitrogens is 1. The summed E-state index contributed by atoms with van der Waals surface area (Å²) in [6.07, 6.45) is 3.57. The molecule has 0 radical (unpaired) electrons. The highest BCUT2D eigenvalue weighted by molar-refractivity contribution is 9.10. The van der Waals surface area contributed by atoms with E-state index in [4.69, 9.17) is 0 Å². The summed E-state index contributed by atoms with van der Waals surface area (Å²) in [6.45, 7) is 8.26. The van der Waals surface area contributed by atoms with E-state index in [9.17, 15) is 5.11 Å². The molecule has 0 atom stereocenters. The van der Waals surface area contributed by atoms with Crippen molar-refractivity contribution < 1.29 is 5.11 Å². The maximum Gasteiger partial charge on any atom is 0.0767 e. The quantitative estimate of drug-likeness (QED) is 0.894. The highest BCUT2D eigenvalue weighted by Crippen LogP contribution is 2.21. The Kier molecular flexibility index (Phi) is 4.10. The molecule has 0 aromatic carbocycles. The zero-order chi connectivity index (χ0) is 12.4. The van der Waals surface area contributed by atoms with Crippen molar-refractivity contribution in [1.29, 1.82) is 0 Å². The standard InChI is InChI=1S/C12H19BrN2O/c1-11(2,12(3,4)16)15-7-9-5-10(13)8-14-6-9/h5-6,8,15-16H,7H2,1-4H3. The number of nitrogens with zero attached hydrogens (tertiary/aromatic N) is 1. The largest absolute Gasteiger partial charge is 0.389 e. The molecule has 3 nitrogen and oxygen atoms in total. The van der Waals surface area contributed by atoms with Gasteiger partial charge in [0.25, 0.3) is 0 Å². The fourth-order valence-electron chi connectivity index (χ4n) is 1.09. The Hall–Kier alpha value is -0.450. The maximum absolute atomic E-state index is 9.99. The van der Waals surface area contributed by atoms with Crippen LogP contribution < -0.4 is 5.32 Å². The van der Waals surface area contributed by atoms with E-state index < -0.39 is 5.60 Å². The molecule has 16 heavy (non-hydrogen) atoms. The molecular weight excluding hydrogens is 268 g/mol. The van der Waals surface area contributed by atoms with E-state index in [0.29, 0.717) is 6.54 Å². The van der Waals surface area contributed by atoms with Gasteiger partial charge in [-0.15, -0.1) is 0 Å². The van der Waals surface area contributed by atoms with Gasteiger partial charge in [0.1, 0.15) is 0 Å². The fraction of sp³-hybridized carbons (Fsp3) is 0.583. The van der Waals surface area contributed by atoms with E-state index in [1.807, 2.05) is 26.1 Å². The first-order valence-electron chi connectivity index (χ1n) is 5.29. The van der Waals surface area contributed by atoms with E-state index in [1.165, 1.54) is 0 Å². The van der Waals surface area contributed by atoms with Gasteiger partial charge >= 0.3 is 0 Å². The van der Waals surface area contributed by atoms with Crippen LogP contribution in [0.2, 0.25) is 0 Å². The Bertz CT molecular complexity index is 358. The van der Waals surface area contributed by atoms with E-state index in [-0.39, 0.29) is 5.54 Å². The van der Waals surface area contributed by atoms with Gasteiger partial charge in [0.05, 0.1) is 5.60 Å². The zero-order valence-corrected chi connectivity index (χ0v) is 11.8. The van der Waals surface area contributed by atoms with Crippen molar-refractivity contribution in [2.45, 2.75) is 45.4 Å². The van der Waals surface area contributed by atoms with E-state index in [0.717, 1.165) is 10.0 Å². The zero-order valence-electron chi connectivity index (χ0n) is 10.2. The molecule has 0 saturated carbocycles. The highest BCUT2D eigenvalue weighted by atomic mass is 79.9. The Morgan fingerprint density at radius 3 is 2.44 bits per heavy atom. The molecule has 0 aliphatic heterocycles. The topological polar surface area (TPSA) is 45.1 Å². The summed E-state index contributed by atoms with van der Waals surface area (Å²) in [6, 6.07) is 2.01. The van der Waals surface area contributed by atoms with Crippen molar-refractivity contribution in [3.05, 3.63) is 28.5 Å². The summed E-state index contributed by atoms with van der Waals surface area (Å²) >= 11 is 3.38. The average Bonchev–Trinajstić information content (AvgIpc) is 2.13. The Labute approximate surface area is 105 Å². The molecule has 1 aromatic heterocycles. The van der Waals surface area contributed by atoms with Gasteiger partial charge in [-0.3, -0.25) is 4.98 Å². The second-order valence-corrected chi connectivity index (χ2v) is 5.96. The smallest absolute Gasteiger partial charge is 0.0767 e. The molecule has 0 spiro atoms. The second kappa shape index (κ2) is 4.82. The lowest BCUT2D eigenvalue weighted by Crippen LogP contribution is -2.55. The fourth-order valence-corrected chi connectivity index (χ4v) is 1.50. The number of pyridine rings is 1. The van der Waals surface area contributed by atoms with Crippen molar-refractivity contribution in [2.75, 3.05) is 0 Å². The van der Waals surface area contributed by atoms with Gasteiger partial charge in [-0.05, 0) is 55.3 Å². The number of hydrogen-bond acceptors (Lipinski definition) is 3. The van der Waals surface area contributed by atoms with Crippen LogP contribution in [0.5, 0.6) is 0 Å². The first-order valence-corrected chi connectivity index (χ1v) is 6.08. The Morgan fingerprint density at radius 1 is 1.31 bits per heavy atom. The summed E-state index contributed by atoms with van der Waals surface area (Å²) in [5.74, 6) is 0. The predicted molar refractivity (Wildman–Crippen MR) is 69.2 cm³/mol. The summed E-state index contributed by atoms with van der Waals surface area (Å²) in [7, 11) is 0. The molecule has 0 unspecified atom stereocenters. The second-order valence-electron chi connectivity index (χ2n) is 5.05. The highest BCUT2D eigenvalue weighted by Gasteiger charge is 2.34. The van der Waals surface area contributed by atoms with Crippen molar-refractivity contribution in [3.8, 4) is 0 Å². The van der Waals surface area contributed by atoms with Crippen LogP contribution in [0, 0.1) is 0 Å². The molecule has 2 N–H and O–H groups in total. The first-order chi connectivity index (χ1) is 7.22. The van der Waals surface area contributed by atoms with Crippen LogP contribution in [0.3, 0.4) is 0 Å². The van der Waals surface area contributed by atoms with Gasteiger partial charge < -0.3 is 10.4 Å². The third-order valence-corrected chi connectivity index (χ3v) is 3.46. The number of nitrogens with one attached hydrogen (secondary N) is 1. The lowest BCUT2D eigenvalue weighted by Gasteiger charge is -2.38. The molecular formula is C12H19BrN2O.